The molecule has 0 bridgehead atoms. The number of nitrogens with zero attached hydrogens (tertiary/aromatic N) is 2. The van der Waals surface area contributed by atoms with Crippen molar-refractivity contribution in [3.8, 4) is 0 Å². The summed E-state index contributed by atoms with van der Waals surface area (Å²) >= 11 is 0. The molecule has 2 heterocycles. The number of benzene rings is 1. The molecule has 0 N–H and O–H groups in total. The molecule has 0 aliphatic carbocycles. The first kappa shape index (κ1) is 10.8. The van der Waals surface area contributed by atoms with Gasteiger partial charge >= 0.3 is 0 Å². The minimum atomic E-state index is -0.0150. The third-order valence-corrected chi connectivity index (χ3v) is 3.62. The van der Waals surface area contributed by atoms with Gasteiger partial charge in [0.25, 0.3) is 0 Å². The number of hydrogen-bond acceptors (Lipinski definition) is 3. The Bertz CT molecular complexity index is 429. The van der Waals surface area contributed by atoms with Crippen molar-refractivity contribution in [2.75, 3.05) is 13.1 Å². The maximum atomic E-state index is 5.63. The first-order valence-corrected chi connectivity index (χ1v) is 6.24. The Labute approximate surface area is 102 Å². The lowest BCUT2D eigenvalue weighted by Gasteiger charge is -2.21. The van der Waals surface area contributed by atoms with Gasteiger partial charge in [0.1, 0.15) is 0 Å². The van der Waals surface area contributed by atoms with Crippen LogP contribution in [0.1, 0.15) is 25.3 Å². The fourth-order valence-electron chi connectivity index (χ4n) is 2.83. The maximum absolute atomic E-state index is 5.63. The molecule has 1 aromatic rings. The molecule has 3 heteroatoms. The molecule has 90 valence electrons. The zero-order valence-electron chi connectivity index (χ0n) is 10.2. The summed E-state index contributed by atoms with van der Waals surface area (Å²) in [7, 11) is 0. The molecule has 3 rings (SSSR count). The Hall–Kier alpha value is -1.35. The van der Waals surface area contributed by atoms with Crippen LogP contribution in [0.25, 0.3) is 0 Å². The molecule has 17 heavy (non-hydrogen) atoms. The standard InChI is InChI=1S/C14H18N2O/c1-12-9-14(17-15-12)7-8-16(11-14)10-13-5-3-2-4-6-13/h2-6H,7-11H2,1H3. The fourth-order valence-corrected chi connectivity index (χ4v) is 2.83. The minimum Gasteiger partial charge on any atom is -0.387 e. The van der Waals surface area contributed by atoms with Gasteiger partial charge in [-0.05, 0) is 12.5 Å². The van der Waals surface area contributed by atoms with Gasteiger partial charge < -0.3 is 4.84 Å². The Morgan fingerprint density at radius 2 is 2.18 bits per heavy atom. The largest absolute Gasteiger partial charge is 0.387 e. The van der Waals surface area contributed by atoms with E-state index in [4.69, 9.17) is 4.84 Å². The van der Waals surface area contributed by atoms with E-state index < -0.39 is 0 Å². The highest BCUT2D eigenvalue weighted by molar-refractivity contribution is 5.83. The lowest BCUT2D eigenvalue weighted by Crippen LogP contribution is -2.33. The van der Waals surface area contributed by atoms with Crippen molar-refractivity contribution in [2.45, 2.75) is 31.9 Å². The average Bonchev–Trinajstić information content (AvgIpc) is 2.88. The predicted octanol–water partition coefficient (Wildman–Crippen LogP) is 2.43. The molecule has 3 nitrogen and oxygen atoms in total. The van der Waals surface area contributed by atoms with Gasteiger partial charge in [0.15, 0.2) is 5.60 Å². The second kappa shape index (κ2) is 4.15. The summed E-state index contributed by atoms with van der Waals surface area (Å²) in [5, 5.41) is 4.10. The Kier molecular flexibility index (Phi) is 2.63. The molecule has 1 saturated heterocycles. The van der Waals surface area contributed by atoms with Gasteiger partial charge in [-0.25, -0.2) is 0 Å². The van der Waals surface area contributed by atoms with Crippen LogP contribution in [0.4, 0.5) is 0 Å². The molecule has 1 atom stereocenters. The van der Waals surface area contributed by atoms with Gasteiger partial charge in [-0.15, -0.1) is 0 Å². The molecule has 1 unspecified atom stereocenters. The topological polar surface area (TPSA) is 24.8 Å². The van der Waals surface area contributed by atoms with Crippen LogP contribution < -0.4 is 0 Å². The smallest absolute Gasteiger partial charge is 0.156 e. The number of rotatable bonds is 2. The first-order valence-electron chi connectivity index (χ1n) is 6.24. The van der Waals surface area contributed by atoms with E-state index in [0.717, 1.165) is 38.2 Å². The normalized spacial score (nSPS) is 28.4. The van der Waals surface area contributed by atoms with E-state index in [-0.39, 0.29) is 5.60 Å². The van der Waals surface area contributed by atoms with E-state index in [1.165, 1.54) is 5.56 Å². The van der Waals surface area contributed by atoms with E-state index in [0.29, 0.717) is 0 Å². The first-order chi connectivity index (χ1) is 8.26. The molecule has 0 aromatic heterocycles. The highest BCUT2D eigenvalue weighted by atomic mass is 16.7. The van der Waals surface area contributed by atoms with Crippen molar-refractivity contribution in [1.82, 2.24) is 4.90 Å². The van der Waals surface area contributed by atoms with Gasteiger partial charge in [0, 0.05) is 32.5 Å². The number of hydrogen-bond donors (Lipinski definition) is 0. The highest BCUT2D eigenvalue weighted by Gasteiger charge is 2.43. The van der Waals surface area contributed by atoms with Gasteiger partial charge in [-0.1, -0.05) is 35.5 Å². The summed E-state index contributed by atoms with van der Waals surface area (Å²) < 4.78 is 0. The zero-order valence-corrected chi connectivity index (χ0v) is 10.2. The average molecular weight is 230 g/mol. The monoisotopic (exact) mass is 230 g/mol. The van der Waals surface area contributed by atoms with Crippen LogP contribution in [0.15, 0.2) is 35.5 Å². The van der Waals surface area contributed by atoms with Gasteiger partial charge in [-0.3, -0.25) is 4.90 Å². The highest BCUT2D eigenvalue weighted by Crippen LogP contribution is 2.34. The third-order valence-electron chi connectivity index (χ3n) is 3.62. The van der Waals surface area contributed by atoms with Crippen molar-refractivity contribution in [3.05, 3.63) is 35.9 Å². The third kappa shape index (κ3) is 2.20. The van der Waals surface area contributed by atoms with Crippen molar-refractivity contribution < 1.29 is 4.84 Å². The summed E-state index contributed by atoms with van der Waals surface area (Å²) in [5.41, 5.74) is 2.49. The van der Waals surface area contributed by atoms with E-state index in [1.54, 1.807) is 0 Å². The lowest BCUT2D eigenvalue weighted by atomic mass is 9.97. The minimum absolute atomic E-state index is 0.0150. The Balaban J connectivity index is 1.62. The van der Waals surface area contributed by atoms with E-state index in [9.17, 15) is 0 Å². The number of likely N-dealkylation sites (tertiary alicyclic amines) is 1. The lowest BCUT2D eigenvalue weighted by molar-refractivity contribution is -0.0104. The van der Waals surface area contributed by atoms with Crippen molar-refractivity contribution >= 4 is 5.71 Å². The van der Waals surface area contributed by atoms with Crippen molar-refractivity contribution in [2.24, 2.45) is 5.16 Å². The molecule has 0 amide bonds. The fraction of sp³-hybridized carbons (Fsp3) is 0.500. The SMILES string of the molecule is CC1=NOC2(CCN(Cc3ccccc3)C2)C1. The Morgan fingerprint density at radius 3 is 2.88 bits per heavy atom. The molecule has 0 saturated carbocycles. The van der Waals surface area contributed by atoms with E-state index in [2.05, 4.69) is 47.3 Å². The summed E-state index contributed by atoms with van der Waals surface area (Å²) in [6.45, 7) is 5.18. The van der Waals surface area contributed by atoms with Crippen LogP contribution in [0.2, 0.25) is 0 Å². The molecular weight excluding hydrogens is 212 g/mol. The molecule has 0 radical (unpaired) electrons. The van der Waals surface area contributed by atoms with Crippen molar-refractivity contribution in [3.63, 3.8) is 0 Å². The maximum Gasteiger partial charge on any atom is 0.156 e. The summed E-state index contributed by atoms with van der Waals surface area (Å²) in [6, 6.07) is 10.6. The molecule has 1 aromatic carbocycles. The van der Waals surface area contributed by atoms with Gasteiger partial charge in [0.05, 0.1) is 5.71 Å². The second-order valence-electron chi connectivity index (χ2n) is 5.22. The van der Waals surface area contributed by atoms with Crippen LogP contribution in [0, 0.1) is 0 Å². The molecule has 1 spiro atoms. The summed E-state index contributed by atoms with van der Waals surface area (Å²) in [5.74, 6) is 0. The Morgan fingerprint density at radius 1 is 1.35 bits per heavy atom. The molecule has 2 aliphatic rings. The van der Waals surface area contributed by atoms with Crippen LogP contribution in [-0.2, 0) is 11.4 Å². The van der Waals surface area contributed by atoms with Crippen LogP contribution >= 0.6 is 0 Å². The van der Waals surface area contributed by atoms with Crippen LogP contribution in [0.5, 0.6) is 0 Å². The number of oxime groups is 1. The van der Waals surface area contributed by atoms with Gasteiger partial charge in [-0.2, -0.15) is 0 Å². The zero-order chi connectivity index (χ0) is 11.7. The molecular formula is C14H18N2O. The quantitative estimate of drug-likeness (QED) is 0.779. The molecule has 1 fully saturated rings. The van der Waals surface area contributed by atoms with Crippen LogP contribution in [0.3, 0.4) is 0 Å². The second-order valence-corrected chi connectivity index (χ2v) is 5.22. The van der Waals surface area contributed by atoms with Crippen LogP contribution in [-0.4, -0.2) is 29.3 Å². The molecule has 2 aliphatic heterocycles. The summed E-state index contributed by atoms with van der Waals surface area (Å²) in [4.78, 5) is 8.09. The van der Waals surface area contributed by atoms with E-state index in [1.807, 2.05) is 0 Å². The van der Waals surface area contributed by atoms with Crippen molar-refractivity contribution in [1.29, 1.82) is 0 Å². The van der Waals surface area contributed by atoms with Gasteiger partial charge in [0.2, 0.25) is 0 Å². The predicted molar refractivity (Wildman–Crippen MR) is 67.9 cm³/mol. The summed E-state index contributed by atoms with van der Waals surface area (Å²) in [6.07, 6.45) is 2.10. The van der Waals surface area contributed by atoms with E-state index >= 15 is 0 Å².